The normalized spacial score (nSPS) is 14.4. The first-order chi connectivity index (χ1) is 13.2. The van der Waals surface area contributed by atoms with Gasteiger partial charge in [0.1, 0.15) is 0 Å². The van der Waals surface area contributed by atoms with Crippen LogP contribution >= 0.6 is 0 Å². The van der Waals surface area contributed by atoms with Gasteiger partial charge in [0.25, 0.3) is 5.91 Å². The molecule has 0 unspecified atom stereocenters. The smallest absolute Gasteiger partial charge is 0.274 e. The van der Waals surface area contributed by atoms with Crippen LogP contribution in [-0.4, -0.2) is 26.3 Å². The van der Waals surface area contributed by atoms with Gasteiger partial charge in [-0.1, -0.05) is 18.6 Å². The van der Waals surface area contributed by atoms with Crippen molar-refractivity contribution in [2.45, 2.75) is 25.2 Å². The van der Waals surface area contributed by atoms with Crippen molar-refractivity contribution in [2.75, 3.05) is 0 Å². The summed E-state index contributed by atoms with van der Waals surface area (Å²) in [4.78, 5) is 16.4. The predicted octanol–water partition coefficient (Wildman–Crippen LogP) is 4.16. The summed E-state index contributed by atoms with van der Waals surface area (Å²) < 4.78 is 0. The summed E-state index contributed by atoms with van der Waals surface area (Å²) in [6, 6.07) is 13.3. The van der Waals surface area contributed by atoms with Crippen molar-refractivity contribution in [3.05, 3.63) is 59.8 Å². The van der Waals surface area contributed by atoms with Gasteiger partial charge >= 0.3 is 0 Å². The van der Waals surface area contributed by atoms with E-state index in [9.17, 15) is 4.79 Å². The van der Waals surface area contributed by atoms with Crippen molar-refractivity contribution >= 4 is 27.7 Å². The topological polar surface area (TPSA) is 90.9 Å². The van der Waals surface area contributed by atoms with Crippen molar-refractivity contribution in [1.82, 2.24) is 20.7 Å². The lowest BCUT2D eigenvalue weighted by atomic mass is 9.78. The van der Waals surface area contributed by atoms with Gasteiger partial charge < -0.3 is 0 Å². The molecule has 0 atom stereocenters. The summed E-state index contributed by atoms with van der Waals surface area (Å²) in [5.41, 5.74) is 7.20. The van der Waals surface area contributed by atoms with E-state index in [0.29, 0.717) is 11.5 Å². The van der Waals surface area contributed by atoms with Crippen LogP contribution in [0.3, 0.4) is 0 Å². The SMILES string of the molecule is O=C(NO)c1ccc(-c2cc(C3CCC3)c3c(ccc4[nH]ncc43)n2)cc1. The first-order valence-electron chi connectivity index (χ1n) is 9.06. The summed E-state index contributed by atoms with van der Waals surface area (Å²) in [5.74, 6) is 0.0275. The Labute approximate surface area is 155 Å². The van der Waals surface area contributed by atoms with Crippen molar-refractivity contribution in [2.24, 2.45) is 0 Å². The zero-order valence-corrected chi connectivity index (χ0v) is 14.6. The summed E-state index contributed by atoms with van der Waals surface area (Å²) in [5, 5.41) is 18.3. The molecule has 1 aliphatic carbocycles. The first kappa shape index (κ1) is 16.0. The number of hydroxylamine groups is 1. The molecule has 0 bridgehead atoms. The van der Waals surface area contributed by atoms with Crippen molar-refractivity contribution < 1.29 is 10.0 Å². The summed E-state index contributed by atoms with van der Waals surface area (Å²) in [6.07, 6.45) is 5.53. The fourth-order valence-corrected chi connectivity index (χ4v) is 3.83. The Morgan fingerprint density at radius 2 is 1.96 bits per heavy atom. The number of fused-ring (bicyclic) bond motifs is 3. The molecule has 27 heavy (non-hydrogen) atoms. The number of carbonyl (C=O) groups excluding carboxylic acids is 1. The number of pyridine rings is 1. The fourth-order valence-electron chi connectivity index (χ4n) is 3.83. The van der Waals surface area contributed by atoms with Gasteiger partial charge in [-0.15, -0.1) is 0 Å². The third-order valence-corrected chi connectivity index (χ3v) is 5.51. The Kier molecular flexibility index (Phi) is 3.65. The number of nitrogens with zero attached hydrogens (tertiary/aromatic N) is 2. The van der Waals surface area contributed by atoms with Crippen molar-refractivity contribution in [1.29, 1.82) is 0 Å². The van der Waals surface area contributed by atoms with E-state index in [1.54, 1.807) is 17.6 Å². The van der Waals surface area contributed by atoms with E-state index in [1.807, 2.05) is 30.5 Å². The van der Waals surface area contributed by atoms with E-state index in [0.717, 1.165) is 27.7 Å². The van der Waals surface area contributed by atoms with Crippen LogP contribution in [0.5, 0.6) is 0 Å². The molecule has 2 aromatic carbocycles. The number of benzene rings is 2. The van der Waals surface area contributed by atoms with Gasteiger partial charge in [0.2, 0.25) is 0 Å². The molecule has 1 fully saturated rings. The average Bonchev–Trinajstić information content (AvgIpc) is 3.14. The Morgan fingerprint density at radius 1 is 1.15 bits per heavy atom. The van der Waals surface area contributed by atoms with Crippen molar-refractivity contribution in [3.8, 4) is 11.3 Å². The lowest BCUT2D eigenvalue weighted by Crippen LogP contribution is -2.18. The van der Waals surface area contributed by atoms with E-state index in [-0.39, 0.29) is 0 Å². The molecule has 4 aromatic rings. The van der Waals surface area contributed by atoms with Crippen LogP contribution in [-0.2, 0) is 0 Å². The van der Waals surface area contributed by atoms with E-state index >= 15 is 0 Å². The Bertz CT molecular complexity index is 1160. The number of amides is 1. The second kappa shape index (κ2) is 6.17. The lowest BCUT2D eigenvalue weighted by molar-refractivity contribution is 0.0706. The molecule has 1 amide bonds. The van der Waals surface area contributed by atoms with Gasteiger partial charge in [0, 0.05) is 21.9 Å². The van der Waals surface area contributed by atoms with E-state index in [4.69, 9.17) is 10.2 Å². The molecule has 6 heteroatoms. The molecule has 0 radical (unpaired) electrons. The minimum atomic E-state index is -0.523. The summed E-state index contributed by atoms with van der Waals surface area (Å²) >= 11 is 0. The Hall–Kier alpha value is -3.25. The number of H-pyrrole nitrogens is 1. The average molecular weight is 358 g/mol. The van der Waals surface area contributed by atoms with Crippen LogP contribution in [0.25, 0.3) is 33.1 Å². The molecule has 2 heterocycles. The Morgan fingerprint density at radius 3 is 2.67 bits per heavy atom. The van der Waals surface area contributed by atoms with Crippen LogP contribution < -0.4 is 5.48 Å². The van der Waals surface area contributed by atoms with Gasteiger partial charge in [-0.25, -0.2) is 10.5 Å². The molecule has 3 N–H and O–H groups in total. The number of rotatable bonds is 3. The third kappa shape index (κ3) is 2.57. The largest absolute Gasteiger partial charge is 0.288 e. The molecule has 5 rings (SSSR count). The molecule has 0 aliphatic heterocycles. The number of hydrogen-bond donors (Lipinski definition) is 3. The third-order valence-electron chi connectivity index (χ3n) is 5.51. The highest BCUT2D eigenvalue weighted by atomic mass is 16.5. The fraction of sp³-hybridized carbons (Fsp3) is 0.190. The van der Waals surface area contributed by atoms with Crippen LogP contribution in [0.1, 0.15) is 41.1 Å². The molecular weight excluding hydrogens is 340 g/mol. The zero-order valence-electron chi connectivity index (χ0n) is 14.6. The van der Waals surface area contributed by atoms with E-state index in [2.05, 4.69) is 16.3 Å². The van der Waals surface area contributed by atoms with E-state index < -0.39 is 5.91 Å². The highest BCUT2D eigenvalue weighted by molar-refractivity contribution is 6.07. The predicted molar refractivity (Wildman–Crippen MR) is 103 cm³/mol. The summed E-state index contributed by atoms with van der Waals surface area (Å²) in [7, 11) is 0. The maximum atomic E-state index is 11.5. The monoisotopic (exact) mass is 358 g/mol. The number of hydrogen-bond acceptors (Lipinski definition) is 4. The van der Waals surface area contributed by atoms with Gasteiger partial charge in [0.15, 0.2) is 0 Å². The van der Waals surface area contributed by atoms with Crippen molar-refractivity contribution in [3.63, 3.8) is 0 Å². The summed E-state index contributed by atoms with van der Waals surface area (Å²) in [6.45, 7) is 0. The van der Waals surface area contributed by atoms with E-state index in [1.165, 1.54) is 30.2 Å². The second-order valence-electron chi connectivity index (χ2n) is 7.03. The number of aromatic amines is 1. The molecular formula is C21H18N4O2. The number of nitrogens with one attached hydrogen (secondary N) is 2. The molecule has 1 saturated carbocycles. The van der Waals surface area contributed by atoms with Crippen LogP contribution in [0.15, 0.2) is 48.7 Å². The number of aromatic nitrogens is 3. The molecule has 6 nitrogen and oxygen atoms in total. The zero-order chi connectivity index (χ0) is 18.4. The minimum Gasteiger partial charge on any atom is -0.288 e. The van der Waals surface area contributed by atoms with Crippen LogP contribution in [0, 0.1) is 0 Å². The van der Waals surface area contributed by atoms with Crippen LogP contribution in [0.2, 0.25) is 0 Å². The quantitative estimate of drug-likeness (QED) is 0.379. The van der Waals surface area contributed by atoms with Gasteiger partial charge in [-0.2, -0.15) is 5.10 Å². The maximum absolute atomic E-state index is 11.5. The molecule has 1 aliphatic rings. The van der Waals surface area contributed by atoms with Gasteiger partial charge in [0.05, 0.1) is 22.9 Å². The number of carbonyl (C=O) groups is 1. The standard InChI is InChI=1S/C21H18N4O2/c26-21(25-27)14-6-4-13(5-7-14)19-10-15(12-2-1-3-12)20-16-11-22-24-17(16)8-9-18(20)23-19/h4-12,27H,1-3H2,(H,22,24)(H,25,26). The highest BCUT2D eigenvalue weighted by Crippen LogP contribution is 2.42. The minimum absolute atomic E-state index is 0.404. The molecule has 0 saturated heterocycles. The first-order valence-corrected chi connectivity index (χ1v) is 9.06. The molecule has 134 valence electrons. The van der Waals surface area contributed by atoms with Crippen LogP contribution in [0.4, 0.5) is 0 Å². The maximum Gasteiger partial charge on any atom is 0.274 e. The highest BCUT2D eigenvalue weighted by Gasteiger charge is 2.24. The second-order valence-corrected chi connectivity index (χ2v) is 7.03. The molecule has 2 aromatic heterocycles. The Balaban J connectivity index is 1.69. The molecule has 0 spiro atoms. The lowest BCUT2D eigenvalue weighted by Gasteiger charge is -2.27. The van der Waals surface area contributed by atoms with Gasteiger partial charge in [-0.05, 0) is 54.7 Å². The van der Waals surface area contributed by atoms with Gasteiger partial charge in [-0.3, -0.25) is 15.1 Å².